The molecule has 26 heavy (non-hydrogen) atoms. The van der Waals surface area contributed by atoms with Crippen molar-refractivity contribution in [2.75, 3.05) is 11.7 Å². The van der Waals surface area contributed by atoms with E-state index >= 15 is 0 Å². The summed E-state index contributed by atoms with van der Waals surface area (Å²) < 4.78 is 0. The highest BCUT2D eigenvalue weighted by molar-refractivity contribution is 8.13. The molecule has 0 unspecified atom stereocenters. The Morgan fingerprint density at radius 2 is 1.38 bits per heavy atom. The average molecular weight is 358 g/mol. The molecule has 4 nitrogen and oxygen atoms in total. The molecule has 128 valence electrons. The van der Waals surface area contributed by atoms with Crippen LogP contribution in [0.1, 0.15) is 0 Å². The van der Waals surface area contributed by atoms with Crippen LogP contribution in [0.2, 0.25) is 0 Å². The number of para-hydroxylation sites is 3. The monoisotopic (exact) mass is 358 g/mol. The molecule has 0 atom stereocenters. The van der Waals surface area contributed by atoms with E-state index in [4.69, 9.17) is 4.98 Å². The summed E-state index contributed by atoms with van der Waals surface area (Å²) in [5.74, 6) is 0. The van der Waals surface area contributed by atoms with Crippen LogP contribution in [0.5, 0.6) is 0 Å². The maximum absolute atomic E-state index is 4.75. The Hall–Kier alpha value is -3.05. The second-order valence-electron chi connectivity index (χ2n) is 5.73. The van der Waals surface area contributed by atoms with E-state index in [-0.39, 0.29) is 0 Å². The minimum atomic E-state index is 0.793. The van der Waals surface area contributed by atoms with Crippen LogP contribution in [0.25, 0.3) is 21.8 Å². The number of pyridine rings is 1. The van der Waals surface area contributed by atoms with Crippen molar-refractivity contribution in [2.24, 2.45) is 4.99 Å². The summed E-state index contributed by atoms with van der Waals surface area (Å²) in [6.07, 6.45) is 2.00. The Morgan fingerprint density at radius 1 is 0.808 bits per heavy atom. The third kappa shape index (κ3) is 3.34. The number of hydrogen-bond acceptors (Lipinski definition) is 4. The normalized spacial score (nSPS) is 11.7. The molecule has 0 aliphatic rings. The second-order valence-corrected chi connectivity index (χ2v) is 6.52. The minimum absolute atomic E-state index is 0.793. The van der Waals surface area contributed by atoms with Gasteiger partial charge < -0.3 is 0 Å². The molecule has 3 aromatic carbocycles. The van der Waals surface area contributed by atoms with E-state index in [2.05, 4.69) is 28.0 Å². The summed E-state index contributed by atoms with van der Waals surface area (Å²) in [4.78, 5) is 9.39. The van der Waals surface area contributed by atoms with Crippen LogP contribution in [0.4, 0.5) is 11.4 Å². The maximum Gasteiger partial charge on any atom is 0.180 e. The molecule has 0 amide bonds. The molecule has 0 fully saturated rings. The van der Waals surface area contributed by atoms with Crippen LogP contribution in [0.15, 0.2) is 83.9 Å². The van der Waals surface area contributed by atoms with Gasteiger partial charge in [0.15, 0.2) is 5.17 Å². The SMILES string of the molecule is CSC(=Nc1ccccc1)NNc1c2ccccc2nc2ccccc12. The molecule has 0 bridgehead atoms. The smallest absolute Gasteiger partial charge is 0.180 e. The summed E-state index contributed by atoms with van der Waals surface area (Å²) in [6, 6.07) is 26.2. The zero-order valence-corrected chi connectivity index (χ0v) is 15.1. The van der Waals surface area contributed by atoms with Gasteiger partial charge in [0.25, 0.3) is 0 Å². The molecule has 0 aliphatic heterocycles. The first kappa shape index (κ1) is 16.4. The Labute approximate surface area is 156 Å². The van der Waals surface area contributed by atoms with Crippen LogP contribution in [-0.4, -0.2) is 16.4 Å². The predicted molar refractivity (Wildman–Crippen MR) is 113 cm³/mol. The van der Waals surface area contributed by atoms with E-state index in [0.29, 0.717) is 0 Å². The predicted octanol–water partition coefficient (Wildman–Crippen LogP) is 5.36. The summed E-state index contributed by atoms with van der Waals surface area (Å²) >= 11 is 1.56. The van der Waals surface area contributed by atoms with Gasteiger partial charge in [-0.1, -0.05) is 66.4 Å². The number of hydrogen-bond donors (Lipinski definition) is 2. The highest BCUT2D eigenvalue weighted by Gasteiger charge is 2.09. The standard InChI is InChI=1S/C21H18N4S/c1-26-21(22-15-9-3-2-4-10-15)25-24-20-16-11-5-7-13-18(16)23-19-14-8-6-12-17(19)20/h2-14H,1H3,(H,22,25)(H,23,24). The molecule has 1 aromatic heterocycles. The van der Waals surface area contributed by atoms with Crippen molar-refractivity contribution in [3.05, 3.63) is 78.9 Å². The van der Waals surface area contributed by atoms with Gasteiger partial charge in [0.05, 0.1) is 22.4 Å². The van der Waals surface area contributed by atoms with Crippen molar-refractivity contribution < 1.29 is 0 Å². The third-order valence-electron chi connectivity index (χ3n) is 4.06. The summed E-state index contributed by atoms with van der Waals surface area (Å²) in [5, 5.41) is 2.93. The lowest BCUT2D eigenvalue weighted by Crippen LogP contribution is -2.27. The largest absolute Gasteiger partial charge is 0.298 e. The first-order valence-corrected chi connectivity index (χ1v) is 9.55. The van der Waals surface area contributed by atoms with Gasteiger partial charge in [-0.3, -0.25) is 10.9 Å². The van der Waals surface area contributed by atoms with Gasteiger partial charge in [-0.15, -0.1) is 0 Å². The average Bonchev–Trinajstić information content (AvgIpc) is 2.70. The van der Waals surface area contributed by atoms with Gasteiger partial charge in [0.1, 0.15) is 0 Å². The number of amidine groups is 1. The van der Waals surface area contributed by atoms with Crippen molar-refractivity contribution in [3.63, 3.8) is 0 Å². The summed E-state index contributed by atoms with van der Waals surface area (Å²) in [7, 11) is 0. The number of nitrogens with one attached hydrogen (secondary N) is 2. The molecule has 2 N–H and O–H groups in total. The van der Waals surface area contributed by atoms with E-state index in [0.717, 1.165) is 38.3 Å². The van der Waals surface area contributed by atoms with E-state index in [1.54, 1.807) is 11.8 Å². The van der Waals surface area contributed by atoms with Crippen LogP contribution < -0.4 is 10.9 Å². The van der Waals surface area contributed by atoms with Crippen molar-refractivity contribution in [2.45, 2.75) is 0 Å². The zero-order valence-electron chi connectivity index (χ0n) is 14.3. The van der Waals surface area contributed by atoms with E-state index in [9.17, 15) is 0 Å². The molecule has 4 rings (SSSR count). The summed E-state index contributed by atoms with van der Waals surface area (Å²) in [6.45, 7) is 0. The second kappa shape index (κ2) is 7.45. The third-order valence-corrected chi connectivity index (χ3v) is 4.64. The molecule has 1 heterocycles. The Balaban J connectivity index is 1.72. The highest BCUT2D eigenvalue weighted by atomic mass is 32.2. The van der Waals surface area contributed by atoms with Gasteiger partial charge in [-0.2, -0.15) is 0 Å². The van der Waals surface area contributed by atoms with Gasteiger partial charge in [-0.05, 0) is 30.5 Å². The van der Waals surface area contributed by atoms with E-state index in [1.807, 2.05) is 73.0 Å². The topological polar surface area (TPSA) is 49.3 Å². The fourth-order valence-corrected chi connectivity index (χ4v) is 3.18. The lowest BCUT2D eigenvalue weighted by molar-refractivity contribution is 1.15. The number of fused-ring (bicyclic) bond motifs is 2. The number of hydrazine groups is 1. The van der Waals surface area contributed by atoms with E-state index < -0.39 is 0 Å². The Kier molecular flexibility index (Phi) is 4.71. The van der Waals surface area contributed by atoms with Gasteiger partial charge in [0.2, 0.25) is 0 Å². The van der Waals surface area contributed by atoms with Gasteiger partial charge >= 0.3 is 0 Å². The molecule has 0 aliphatic carbocycles. The van der Waals surface area contributed by atoms with Crippen molar-refractivity contribution in [1.82, 2.24) is 10.4 Å². The van der Waals surface area contributed by atoms with Crippen molar-refractivity contribution in [1.29, 1.82) is 0 Å². The zero-order chi connectivity index (χ0) is 17.8. The molecule has 0 saturated carbocycles. The molecular formula is C21H18N4S. The fourth-order valence-electron chi connectivity index (χ4n) is 2.83. The first-order chi connectivity index (χ1) is 12.8. The summed E-state index contributed by atoms with van der Waals surface area (Å²) in [5.41, 5.74) is 10.4. The maximum atomic E-state index is 4.75. The molecular weight excluding hydrogens is 340 g/mol. The van der Waals surface area contributed by atoms with Crippen LogP contribution in [-0.2, 0) is 0 Å². The Bertz CT molecular complexity index is 1020. The van der Waals surface area contributed by atoms with Crippen LogP contribution in [0, 0.1) is 0 Å². The molecule has 5 heteroatoms. The Morgan fingerprint density at radius 3 is 2.00 bits per heavy atom. The lowest BCUT2D eigenvalue weighted by Gasteiger charge is -2.15. The van der Waals surface area contributed by atoms with Gasteiger partial charge in [-0.25, -0.2) is 9.98 Å². The lowest BCUT2D eigenvalue weighted by atomic mass is 10.1. The quantitative estimate of drug-likeness (QED) is 0.224. The number of benzene rings is 3. The van der Waals surface area contributed by atoms with Crippen molar-refractivity contribution >= 4 is 50.1 Å². The number of aliphatic imine (C=N–C) groups is 1. The highest BCUT2D eigenvalue weighted by Crippen LogP contribution is 2.30. The van der Waals surface area contributed by atoms with Crippen LogP contribution >= 0.6 is 11.8 Å². The van der Waals surface area contributed by atoms with E-state index in [1.165, 1.54) is 0 Å². The minimum Gasteiger partial charge on any atom is -0.298 e. The number of thioether (sulfide) groups is 1. The molecule has 0 spiro atoms. The first-order valence-electron chi connectivity index (χ1n) is 8.32. The van der Waals surface area contributed by atoms with Crippen molar-refractivity contribution in [3.8, 4) is 0 Å². The number of aromatic nitrogens is 1. The van der Waals surface area contributed by atoms with Gasteiger partial charge in [0, 0.05) is 10.8 Å². The van der Waals surface area contributed by atoms with Crippen LogP contribution in [0.3, 0.4) is 0 Å². The number of anilines is 1. The molecule has 0 saturated heterocycles. The molecule has 4 aromatic rings. The number of nitrogens with zero attached hydrogens (tertiary/aromatic N) is 2. The number of rotatable bonds is 3. The molecule has 0 radical (unpaired) electrons. The fraction of sp³-hybridized carbons (Fsp3) is 0.0476.